The van der Waals surface area contributed by atoms with Gasteiger partial charge in [-0.15, -0.1) is 0 Å². The topological polar surface area (TPSA) is 99.2 Å². The van der Waals surface area contributed by atoms with Crippen LogP contribution in [0.25, 0.3) is 0 Å². The molecular formula is C20H21ClN8O. The molecule has 3 heterocycles. The Kier molecular flexibility index (Phi) is 5.89. The Morgan fingerprint density at radius 2 is 1.83 bits per heavy atom. The molecule has 0 unspecified atom stereocenters. The molecule has 1 fully saturated rings. The smallest absolute Gasteiger partial charge is 0.251 e. The van der Waals surface area contributed by atoms with Crippen LogP contribution in [0.1, 0.15) is 10.4 Å². The van der Waals surface area contributed by atoms with Crippen LogP contribution in [0.4, 0.5) is 23.4 Å². The standard InChI is InChI=1S/C20H21ClN8O/c1-22-18(30)14-3-2-4-16(11-14)26-19-24-13-25-20(27-19)29-9-7-28(8-10-29)17-6-5-15(21)12-23-17/h2-6,11-13H,7-10H2,1H3,(H,22,30)(H,24,25,26,27). The summed E-state index contributed by atoms with van der Waals surface area (Å²) in [4.78, 5) is 33.6. The van der Waals surface area contributed by atoms with E-state index in [2.05, 4.69) is 40.4 Å². The second-order valence-corrected chi connectivity index (χ2v) is 7.14. The number of carbonyl (C=O) groups excluding carboxylic acids is 1. The highest BCUT2D eigenvalue weighted by Gasteiger charge is 2.20. The normalized spacial score (nSPS) is 13.8. The van der Waals surface area contributed by atoms with Crippen molar-refractivity contribution in [3.05, 3.63) is 59.5 Å². The van der Waals surface area contributed by atoms with Gasteiger partial charge in [-0.25, -0.2) is 15.0 Å². The minimum atomic E-state index is -0.150. The summed E-state index contributed by atoms with van der Waals surface area (Å²) in [6.45, 7) is 3.13. The summed E-state index contributed by atoms with van der Waals surface area (Å²) in [6, 6.07) is 10.9. The van der Waals surface area contributed by atoms with Crippen molar-refractivity contribution in [1.82, 2.24) is 25.3 Å². The van der Waals surface area contributed by atoms with Gasteiger partial charge in [0.2, 0.25) is 11.9 Å². The third-order valence-electron chi connectivity index (χ3n) is 4.77. The Hall–Kier alpha value is -3.46. The number of nitrogens with zero attached hydrogens (tertiary/aromatic N) is 6. The fraction of sp³-hybridized carbons (Fsp3) is 0.250. The first-order valence-corrected chi connectivity index (χ1v) is 9.90. The second kappa shape index (κ2) is 8.91. The lowest BCUT2D eigenvalue weighted by atomic mass is 10.2. The van der Waals surface area contributed by atoms with E-state index in [-0.39, 0.29) is 5.91 Å². The molecule has 1 aromatic carbocycles. The molecule has 2 aromatic heterocycles. The zero-order chi connectivity index (χ0) is 20.9. The maximum absolute atomic E-state index is 11.8. The van der Waals surface area contributed by atoms with Gasteiger partial charge in [0.15, 0.2) is 0 Å². The summed E-state index contributed by atoms with van der Waals surface area (Å²) >= 11 is 5.92. The Balaban J connectivity index is 1.42. The molecule has 1 saturated heterocycles. The van der Waals surface area contributed by atoms with Crippen LogP contribution in [0.2, 0.25) is 5.02 Å². The van der Waals surface area contributed by atoms with Gasteiger partial charge in [-0.05, 0) is 30.3 Å². The van der Waals surface area contributed by atoms with Crippen LogP contribution in [-0.4, -0.2) is 59.1 Å². The van der Waals surface area contributed by atoms with Crippen LogP contribution in [-0.2, 0) is 0 Å². The van der Waals surface area contributed by atoms with Crippen LogP contribution >= 0.6 is 11.6 Å². The summed E-state index contributed by atoms with van der Waals surface area (Å²) in [7, 11) is 1.60. The van der Waals surface area contributed by atoms with Crippen LogP contribution in [0, 0.1) is 0 Å². The first-order valence-electron chi connectivity index (χ1n) is 9.52. The number of piperazine rings is 1. The van der Waals surface area contributed by atoms with Crippen LogP contribution in [0.5, 0.6) is 0 Å². The third-order valence-corrected chi connectivity index (χ3v) is 4.99. The van der Waals surface area contributed by atoms with E-state index in [0.29, 0.717) is 22.5 Å². The van der Waals surface area contributed by atoms with E-state index in [0.717, 1.165) is 37.7 Å². The monoisotopic (exact) mass is 424 g/mol. The number of rotatable bonds is 5. The molecule has 154 valence electrons. The maximum atomic E-state index is 11.8. The number of anilines is 4. The predicted octanol–water partition coefficient (Wildman–Crippen LogP) is 2.35. The molecule has 1 aliphatic rings. The molecule has 10 heteroatoms. The molecule has 30 heavy (non-hydrogen) atoms. The first kappa shape index (κ1) is 19.8. The Morgan fingerprint density at radius 1 is 1.03 bits per heavy atom. The number of hydrogen-bond donors (Lipinski definition) is 2. The van der Waals surface area contributed by atoms with Crippen molar-refractivity contribution in [1.29, 1.82) is 0 Å². The second-order valence-electron chi connectivity index (χ2n) is 6.70. The highest BCUT2D eigenvalue weighted by atomic mass is 35.5. The molecule has 3 aromatic rings. The Bertz CT molecular complexity index is 1020. The van der Waals surface area contributed by atoms with Crippen molar-refractivity contribution in [2.45, 2.75) is 0 Å². The van der Waals surface area contributed by atoms with Gasteiger partial charge in [0.25, 0.3) is 5.91 Å². The lowest BCUT2D eigenvalue weighted by Gasteiger charge is -2.35. The first-order chi connectivity index (χ1) is 14.6. The van der Waals surface area contributed by atoms with Gasteiger partial charge in [0.05, 0.1) is 5.02 Å². The van der Waals surface area contributed by atoms with Crippen molar-refractivity contribution >= 4 is 40.9 Å². The van der Waals surface area contributed by atoms with Gasteiger partial charge in [0.1, 0.15) is 12.1 Å². The fourth-order valence-corrected chi connectivity index (χ4v) is 3.31. The molecule has 2 N–H and O–H groups in total. The van der Waals surface area contributed by atoms with E-state index in [1.54, 1.807) is 31.4 Å². The average Bonchev–Trinajstić information content (AvgIpc) is 2.79. The highest BCUT2D eigenvalue weighted by Crippen LogP contribution is 2.20. The zero-order valence-electron chi connectivity index (χ0n) is 16.4. The molecule has 0 saturated carbocycles. The number of pyridine rings is 1. The van der Waals surface area contributed by atoms with Crippen molar-refractivity contribution in [2.75, 3.05) is 48.3 Å². The van der Waals surface area contributed by atoms with Gasteiger partial charge < -0.3 is 20.4 Å². The average molecular weight is 425 g/mol. The van der Waals surface area contributed by atoms with E-state index in [9.17, 15) is 4.79 Å². The van der Waals surface area contributed by atoms with Gasteiger partial charge >= 0.3 is 0 Å². The van der Waals surface area contributed by atoms with Gasteiger partial charge in [-0.1, -0.05) is 17.7 Å². The summed E-state index contributed by atoms with van der Waals surface area (Å²) in [5.41, 5.74) is 1.29. The molecule has 0 radical (unpaired) electrons. The number of carbonyl (C=O) groups is 1. The largest absolute Gasteiger partial charge is 0.355 e. The van der Waals surface area contributed by atoms with Gasteiger partial charge in [-0.3, -0.25) is 4.79 Å². The maximum Gasteiger partial charge on any atom is 0.251 e. The minimum absolute atomic E-state index is 0.150. The molecule has 0 bridgehead atoms. The number of nitrogens with one attached hydrogen (secondary N) is 2. The summed E-state index contributed by atoms with van der Waals surface area (Å²) in [6.07, 6.45) is 3.15. The van der Waals surface area contributed by atoms with Crippen LogP contribution < -0.4 is 20.4 Å². The van der Waals surface area contributed by atoms with Crippen molar-refractivity contribution in [2.24, 2.45) is 0 Å². The Morgan fingerprint density at radius 3 is 2.57 bits per heavy atom. The van der Waals surface area contributed by atoms with E-state index in [4.69, 9.17) is 11.6 Å². The van der Waals surface area contributed by atoms with Gasteiger partial charge in [0, 0.05) is 50.7 Å². The zero-order valence-corrected chi connectivity index (χ0v) is 17.2. The van der Waals surface area contributed by atoms with Crippen molar-refractivity contribution < 1.29 is 4.79 Å². The number of hydrogen-bond acceptors (Lipinski definition) is 8. The predicted molar refractivity (Wildman–Crippen MR) is 117 cm³/mol. The number of amides is 1. The molecule has 1 aliphatic heterocycles. The quantitative estimate of drug-likeness (QED) is 0.644. The van der Waals surface area contributed by atoms with E-state index >= 15 is 0 Å². The number of halogens is 1. The van der Waals surface area contributed by atoms with E-state index in [1.165, 1.54) is 6.33 Å². The van der Waals surface area contributed by atoms with Gasteiger partial charge in [-0.2, -0.15) is 4.98 Å². The van der Waals surface area contributed by atoms with Crippen LogP contribution in [0.3, 0.4) is 0 Å². The molecule has 9 nitrogen and oxygen atoms in total. The Labute approximate surface area is 179 Å². The van der Waals surface area contributed by atoms with Crippen LogP contribution in [0.15, 0.2) is 48.9 Å². The summed E-state index contributed by atoms with van der Waals surface area (Å²) in [5, 5.41) is 6.38. The van der Waals surface area contributed by atoms with E-state index < -0.39 is 0 Å². The molecule has 0 atom stereocenters. The minimum Gasteiger partial charge on any atom is -0.355 e. The highest BCUT2D eigenvalue weighted by molar-refractivity contribution is 6.30. The molecule has 0 spiro atoms. The summed E-state index contributed by atoms with van der Waals surface area (Å²) in [5.74, 6) is 1.80. The SMILES string of the molecule is CNC(=O)c1cccc(Nc2ncnc(N3CCN(c4ccc(Cl)cn4)CC3)n2)c1. The molecule has 0 aliphatic carbocycles. The molecule has 1 amide bonds. The fourth-order valence-electron chi connectivity index (χ4n) is 3.20. The number of benzene rings is 1. The van der Waals surface area contributed by atoms with Crippen molar-refractivity contribution in [3.63, 3.8) is 0 Å². The van der Waals surface area contributed by atoms with E-state index in [1.807, 2.05) is 18.2 Å². The number of aromatic nitrogens is 4. The molecule has 4 rings (SSSR count). The lowest BCUT2D eigenvalue weighted by Crippen LogP contribution is -2.47. The van der Waals surface area contributed by atoms with Crippen molar-refractivity contribution in [3.8, 4) is 0 Å². The molecular weight excluding hydrogens is 404 g/mol. The third kappa shape index (κ3) is 4.57. The summed E-state index contributed by atoms with van der Waals surface area (Å²) < 4.78 is 0. The lowest BCUT2D eigenvalue weighted by molar-refractivity contribution is 0.0963.